The van der Waals surface area contributed by atoms with Gasteiger partial charge in [-0.1, -0.05) is 6.42 Å². The highest BCUT2D eigenvalue weighted by atomic mass is 16.4. The molecular weight excluding hydrogens is 260 g/mol. The summed E-state index contributed by atoms with van der Waals surface area (Å²) in [6.45, 7) is 1.51. The van der Waals surface area contributed by atoms with Crippen LogP contribution in [0.15, 0.2) is 0 Å². The topological polar surface area (TPSA) is 86.7 Å². The lowest BCUT2D eigenvalue weighted by Gasteiger charge is -2.27. The molecule has 2 atom stereocenters. The Balaban J connectivity index is 1.79. The van der Waals surface area contributed by atoms with Gasteiger partial charge in [0.15, 0.2) is 0 Å². The number of aliphatic carboxylic acids is 1. The normalized spacial score (nSPS) is 26.3. The van der Waals surface area contributed by atoms with Gasteiger partial charge in [-0.25, -0.2) is 0 Å². The summed E-state index contributed by atoms with van der Waals surface area (Å²) in [6, 6.07) is 0. The number of nitrogens with zero attached hydrogens (tertiary/aromatic N) is 1. The van der Waals surface area contributed by atoms with E-state index in [9.17, 15) is 14.4 Å². The fraction of sp³-hybridized carbons (Fsp3) is 0.786. The standard InChI is InChI=1S/C14H22N2O4/c17-12(16-7-2-1-3-8-16)9-15-13(18)10-5-4-6-11(10)14(19)20/h10-11H,1-9H2,(H,15,18)(H,19,20). The second kappa shape index (κ2) is 6.72. The molecule has 2 fully saturated rings. The van der Waals surface area contributed by atoms with Gasteiger partial charge in [0.1, 0.15) is 0 Å². The van der Waals surface area contributed by atoms with E-state index in [2.05, 4.69) is 5.32 Å². The molecule has 0 bridgehead atoms. The van der Waals surface area contributed by atoms with Gasteiger partial charge in [0.25, 0.3) is 0 Å². The molecular formula is C14H22N2O4. The third kappa shape index (κ3) is 3.49. The first-order chi connectivity index (χ1) is 9.59. The Morgan fingerprint density at radius 1 is 1.00 bits per heavy atom. The summed E-state index contributed by atoms with van der Waals surface area (Å²) in [7, 11) is 0. The quantitative estimate of drug-likeness (QED) is 0.791. The van der Waals surface area contributed by atoms with E-state index in [1.807, 2.05) is 0 Å². The third-order valence-electron chi connectivity index (χ3n) is 4.29. The molecule has 1 aliphatic carbocycles. The first-order valence-electron chi connectivity index (χ1n) is 7.38. The Labute approximate surface area is 118 Å². The van der Waals surface area contributed by atoms with E-state index in [0.29, 0.717) is 12.8 Å². The van der Waals surface area contributed by atoms with E-state index < -0.39 is 17.8 Å². The monoisotopic (exact) mass is 282 g/mol. The fourth-order valence-electron chi connectivity index (χ4n) is 3.12. The Morgan fingerprint density at radius 2 is 1.65 bits per heavy atom. The van der Waals surface area contributed by atoms with E-state index in [0.717, 1.165) is 38.8 Å². The van der Waals surface area contributed by atoms with Gasteiger partial charge in [-0.05, 0) is 32.1 Å². The highest BCUT2D eigenvalue weighted by Crippen LogP contribution is 2.31. The lowest BCUT2D eigenvalue weighted by atomic mass is 9.95. The predicted molar refractivity (Wildman–Crippen MR) is 71.9 cm³/mol. The average Bonchev–Trinajstić information content (AvgIpc) is 2.95. The van der Waals surface area contributed by atoms with Crippen molar-refractivity contribution in [3.63, 3.8) is 0 Å². The summed E-state index contributed by atoms with van der Waals surface area (Å²) in [5.41, 5.74) is 0. The average molecular weight is 282 g/mol. The number of carbonyl (C=O) groups is 3. The Kier molecular flexibility index (Phi) is 4.98. The van der Waals surface area contributed by atoms with Gasteiger partial charge in [0.05, 0.1) is 18.4 Å². The number of piperidine rings is 1. The number of amides is 2. The van der Waals surface area contributed by atoms with Gasteiger partial charge < -0.3 is 15.3 Å². The van der Waals surface area contributed by atoms with Crippen LogP contribution in [0.25, 0.3) is 0 Å². The molecule has 2 unspecified atom stereocenters. The molecule has 1 saturated carbocycles. The lowest BCUT2D eigenvalue weighted by molar-refractivity contribution is -0.146. The maximum absolute atomic E-state index is 12.0. The van der Waals surface area contributed by atoms with E-state index in [1.165, 1.54) is 0 Å². The highest BCUT2D eigenvalue weighted by Gasteiger charge is 2.37. The number of hydrogen-bond acceptors (Lipinski definition) is 3. The fourth-order valence-corrected chi connectivity index (χ4v) is 3.12. The lowest BCUT2D eigenvalue weighted by Crippen LogP contribution is -2.44. The number of nitrogens with one attached hydrogen (secondary N) is 1. The van der Waals surface area contributed by atoms with Crippen molar-refractivity contribution in [2.45, 2.75) is 38.5 Å². The van der Waals surface area contributed by atoms with Gasteiger partial charge in [0.2, 0.25) is 11.8 Å². The molecule has 2 rings (SSSR count). The van der Waals surface area contributed by atoms with Crippen LogP contribution < -0.4 is 5.32 Å². The van der Waals surface area contributed by atoms with Crippen LogP contribution in [0.2, 0.25) is 0 Å². The third-order valence-corrected chi connectivity index (χ3v) is 4.29. The molecule has 2 N–H and O–H groups in total. The second-order valence-corrected chi connectivity index (χ2v) is 5.64. The van der Waals surface area contributed by atoms with Crippen molar-refractivity contribution in [3.8, 4) is 0 Å². The second-order valence-electron chi connectivity index (χ2n) is 5.64. The molecule has 0 aromatic carbocycles. The highest BCUT2D eigenvalue weighted by molar-refractivity contribution is 5.88. The van der Waals surface area contributed by atoms with Crippen molar-refractivity contribution in [2.75, 3.05) is 19.6 Å². The van der Waals surface area contributed by atoms with Crippen molar-refractivity contribution >= 4 is 17.8 Å². The molecule has 20 heavy (non-hydrogen) atoms. The number of carbonyl (C=O) groups excluding carboxylic acids is 2. The van der Waals surface area contributed by atoms with Crippen molar-refractivity contribution in [3.05, 3.63) is 0 Å². The van der Waals surface area contributed by atoms with Gasteiger partial charge in [-0.2, -0.15) is 0 Å². The van der Waals surface area contributed by atoms with Crippen molar-refractivity contribution in [1.82, 2.24) is 10.2 Å². The number of rotatable bonds is 4. The van der Waals surface area contributed by atoms with E-state index in [4.69, 9.17) is 5.11 Å². The largest absolute Gasteiger partial charge is 0.481 e. The zero-order valence-electron chi connectivity index (χ0n) is 11.6. The molecule has 2 amide bonds. The first kappa shape index (κ1) is 14.8. The van der Waals surface area contributed by atoms with Gasteiger partial charge in [-0.15, -0.1) is 0 Å². The summed E-state index contributed by atoms with van der Waals surface area (Å²) < 4.78 is 0. The molecule has 1 saturated heterocycles. The maximum Gasteiger partial charge on any atom is 0.307 e. The molecule has 112 valence electrons. The van der Waals surface area contributed by atoms with E-state index >= 15 is 0 Å². The minimum atomic E-state index is -0.912. The van der Waals surface area contributed by atoms with Crippen molar-refractivity contribution < 1.29 is 19.5 Å². The number of carboxylic acid groups (broad SMARTS) is 1. The minimum absolute atomic E-state index is 0.0122. The van der Waals surface area contributed by atoms with Crippen molar-refractivity contribution in [1.29, 1.82) is 0 Å². The zero-order chi connectivity index (χ0) is 14.5. The molecule has 1 heterocycles. The SMILES string of the molecule is O=C(O)C1CCCC1C(=O)NCC(=O)N1CCCCC1. The number of carboxylic acids is 1. The summed E-state index contributed by atoms with van der Waals surface area (Å²) in [5.74, 6) is -2.35. The summed E-state index contributed by atoms with van der Waals surface area (Å²) in [4.78, 5) is 36.7. The molecule has 0 spiro atoms. The number of likely N-dealkylation sites (tertiary alicyclic amines) is 1. The van der Waals surface area contributed by atoms with Crippen LogP contribution >= 0.6 is 0 Å². The van der Waals surface area contributed by atoms with Gasteiger partial charge in [0, 0.05) is 13.1 Å². The molecule has 0 radical (unpaired) electrons. The zero-order valence-corrected chi connectivity index (χ0v) is 11.6. The van der Waals surface area contributed by atoms with E-state index in [-0.39, 0.29) is 18.4 Å². The first-order valence-corrected chi connectivity index (χ1v) is 7.38. The maximum atomic E-state index is 12.0. The van der Waals surface area contributed by atoms with Crippen LogP contribution in [-0.4, -0.2) is 47.4 Å². The minimum Gasteiger partial charge on any atom is -0.481 e. The summed E-state index contributed by atoms with van der Waals surface area (Å²) in [6.07, 6.45) is 5.09. The summed E-state index contributed by atoms with van der Waals surface area (Å²) >= 11 is 0. The van der Waals surface area contributed by atoms with Crippen LogP contribution in [0.1, 0.15) is 38.5 Å². The predicted octanol–water partition coefficient (Wildman–Crippen LogP) is 0.616. The van der Waals surface area contributed by atoms with Crippen molar-refractivity contribution in [2.24, 2.45) is 11.8 Å². The molecule has 6 nitrogen and oxygen atoms in total. The van der Waals surface area contributed by atoms with Gasteiger partial charge in [-0.3, -0.25) is 14.4 Å². The molecule has 2 aliphatic rings. The molecule has 1 aliphatic heterocycles. The van der Waals surface area contributed by atoms with Crippen LogP contribution in [0.4, 0.5) is 0 Å². The Bertz CT molecular complexity index is 391. The molecule has 0 aromatic rings. The summed E-state index contributed by atoms with van der Waals surface area (Å²) in [5, 5.41) is 11.7. The van der Waals surface area contributed by atoms with Crippen LogP contribution in [0.3, 0.4) is 0 Å². The molecule has 0 aromatic heterocycles. The van der Waals surface area contributed by atoms with Crippen LogP contribution in [0, 0.1) is 11.8 Å². The molecule has 6 heteroatoms. The van der Waals surface area contributed by atoms with Gasteiger partial charge >= 0.3 is 5.97 Å². The van der Waals surface area contributed by atoms with Crippen LogP contribution in [0.5, 0.6) is 0 Å². The van der Waals surface area contributed by atoms with Crippen LogP contribution in [-0.2, 0) is 14.4 Å². The smallest absolute Gasteiger partial charge is 0.307 e. The van der Waals surface area contributed by atoms with E-state index in [1.54, 1.807) is 4.90 Å². The number of hydrogen-bond donors (Lipinski definition) is 2. The Morgan fingerprint density at radius 3 is 2.30 bits per heavy atom. The Hall–Kier alpha value is -1.59.